The molecule has 1 saturated carbocycles. The first-order chi connectivity index (χ1) is 8.77. The number of halogens is 2. The molecule has 0 aliphatic heterocycles. The van der Waals surface area contributed by atoms with Gasteiger partial charge in [0.05, 0.1) is 0 Å². The molecule has 98 valence electrons. The van der Waals surface area contributed by atoms with Crippen LogP contribution < -0.4 is 0 Å². The fourth-order valence-electron chi connectivity index (χ4n) is 2.18. The van der Waals surface area contributed by atoms with Gasteiger partial charge in [-0.15, -0.1) is 0 Å². The highest BCUT2D eigenvalue weighted by atomic mass is 19.2. The van der Waals surface area contributed by atoms with E-state index in [1.54, 1.807) is 6.21 Å². The normalized spacial score (nSPS) is 17.2. The lowest BCUT2D eigenvalue weighted by Gasteiger charge is -2.16. The molecule has 0 spiro atoms. The van der Waals surface area contributed by atoms with Gasteiger partial charge in [0.1, 0.15) is 6.61 Å². The first-order valence-electron chi connectivity index (χ1n) is 6.35. The molecule has 1 aliphatic carbocycles. The smallest absolute Gasteiger partial charge is 0.165 e. The van der Waals surface area contributed by atoms with Gasteiger partial charge in [-0.05, 0) is 24.8 Å². The van der Waals surface area contributed by atoms with Crippen LogP contribution in [-0.2, 0) is 11.4 Å². The summed E-state index contributed by atoms with van der Waals surface area (Å²) in [5.41, 5.74) is 0.191. The molecule has 1 fully saturated rings. The third-order valence-corrected chi connectivity index (χ3v) is 3.25. The van der Waals surface area contributed by atoms with Gasteiger partial charge in [-0.2, -0.15) is 0 Å². The molecule has 18 heavy (non-hydrogen) atoms. The highest BCUT2D eigenvalue weighted by molar-refractivity contribution is 5.59. The molecule has 0 saturated heterocycles. The standard InChI is InChI=1S/C14H17F2NO/c15-13-8-4-7-12(14(13)16)10-18-17-9-11-5-2-1-3-6-11/h4,7-9,11H,1-3,5-6,10H2. The van der Waals surface area contributed by atoms with Crippen molar-refractivity contribution in [2.24, 2.45) is 11.1 Å². The van der Waals surface area contributed by atoms with Gasteiger partial charge in [0.15, 0.2) is 11.6 Å². The van der Waals surface area contributed by atoms with E-state index in [2.05, 4.69) is 5.16 Å². The van der Waals surface area contributed by atoms with Gasteiger partial charge in [-0.3, -0.25) is 0 Å². The number of rotatable bonds is 4. The summed E-state index contributed by atoms with van der Waals surface area (Å²) in [6, 6.07) is 4.04. The van der Waals surface area contributed by atoms with Crippen LogP contribution in [0, 0.1) is 17.6 Å². The summed E-state index contributed by atoms with van der Waals surface area (Å²) in [6.45, 7) is -0.0349. The summed E-state index contributed by atoms with van der Waals surface area (Å²) >= 11 is 0. The maximum absolute atomic E-state index is 13.3. The molecule has 2 nitrogen and oxygen atoms in total. The van der Waals surface area contributed by atoms with Crippen molar-refractivity contribution in [2.75, 3.05) is 0 Å². The zero-order valence-electron chi connectivity index (χ0n) is 10.2. The van der Waals surface area contributed by atoms with E-state index in [4.69, 9.17) is 4.84 Å². The van der Waals surface area contributed by atoms with Crippen molar-refractivity contribution >= 4 is 6.21 Å². The molecule has 2 rings (SSSR count). The minimum absolute atomic E-state index is 0.0349. The van der Waals surface area contributed by atoms with Crippen LogP contribution in [0.1, 0.15) is 37.7 Å². The highest BCUT2D eigenvalue weighted by Crippen LogP contribution is 2.22. The molecule has 1 aromatic rings. The molecule has 0 heterocycles. The maximum atomic E-state index is 13.3. The van der Waals surface area contributed by atoms with E-state index in [0.717, 1.165) is 18.9 Å². The van der Waals surface area contributed by atoms with E-state index in [1.807, 2.05) is 0 Å². The van der Waals surface area contributed by atoms with E-state index < -0.39 is 11.6 Å². The van der Waals surface area contributed by atoms with E-state index in [9.17, 15) is 8.78 Å². The van der Waals surface area contributed by atoms with E-state index in [-0.39, 0.29) is 12.2 Å². The summed E-state index contributed by atoms with van der Waals surface area (Å²) in [5.74, 6) is -1.24. The third-order valence-electron chi connectivity index (χ3n) is 3.25. The molecule has 1 aliphatic rings. The summed E-state index contributed by atoms with van der Waals surface area (Å²) < 4.78 is 26.2. The first kappa shape index (κ1) is 13.0. The summed E-state index contributed by atoms with van der Waals surface area (Å²) in [7, 11) is 0. The summed E-state index contributed by atoms with van der Waals surface area (Å²) in [6.07, 6.45) is 7.82. The second kappa shape index (κ2) is 6.47. The molecular formula is C14H17F2NO. The lowest BCUT2D eigenvalue weighted by atomic mass is 9.90. The number of benzene rings is 1. The molecule has 4 heteroatoms. The van der Waals surface area contributed by atoms with Crippen LogP contribution in [0.5, 0.6) is 0 Å². The molecule has 0 unspecified atom stereocenters. The predicted octanol–water partition coefficient (Wildman–Crippen LogP) is 4.05. The van der Waals surface area contributed by atoms with Gasteiger partial charge >= 0.3 is 0 Å². The lowest BCUT2D eigenvalue weighted by molar-refractivity contribution is 0.127. The topological polar surface area (TPSA) is 21.6 Å². The van der Waals surface area contributed by atoms with Gasteiger partial charge in [0.25, 0.3) is 0 Å². The average molecular weight is 253 g/mol. The number of nitrogens with zero attached hydrogens (tertiary/aromatic N) is 1. The van der Waals surface area contributed by atoms with Gasteiger partial charge < -0.3 is 4.84 Å². The quantitative estimate of drug-likeness (QED) is 0.586. The van der Waals surface area contributed by atoms with Gasteiger partial charge in [-0.25, -0.2) is 8.78 Å². The second-order valence-corrected chi connectivity index (χ2v) is 4.64. The van der Waals surface area contributed by atoms with E-state index >= 15 is 0 Å². The van der Waals surface area contributed by atoms with Crippen molar-refractivity contribution in [3.63, 3.8) is 0 Å². The van der Waals surface area contributed by atoms with Crippen molar-refractivity contribution in [3.05, 3.63) is 35.4 Å². The molecular weight excluding hydrogens is 236 g/mol. The van der Waals surface area contributed by atoms with Gasteiger partial charge in [-0.1, -0.05) is 36.6 Å². The fraction of sp³-hybridized carbons (Fsp3) is 0.500. The van der Waals surface area contributed by atoms with Crippen molar-refractivity contribution in [3.8, 4) is 0 Å². The van der Waals surface area contributed by atoms with Crippen molar-refractivity contribution in [1.29, 1.82) is 0 Å². The Morgan fingerprint density at radius 2 is 2.00 bits per heavy atom. The molecule has 0 aromatic heterocycles. The first-order valence-corrected chi connectivity index (χ1v) is 6.35. The maximum Gasteiger partial charge on any atom is 0.165 e. The predicted molar refractivity (Wildman–Crippen MR) is 66.2 cm³/mol. The Hall–Kier alpha value is -1.45. The summed E-state index contributed by atoms with van der Waals surface area (Å²) in [4.78, 5) is 5.02. The van der Waals surface area contributed by atoms with Crippen LogP contribution >= 0.6 is 0 Å². The SMILES string of the molecule is Fc1cccc(CON=CC2CCCCC2)c1F. The zero-order chi connectivity index (χ0) is 12.8. The van der Waals surface area contributed by atoms with E-state index in [1.165, 1.54) is 31.4 Å². The average Bonchev–Trinajstić information content (AvgIpc) is 2.40. The monoisotopic (exact) mass is 253 g/mol. The molecule has 1 aromatic carbocycles. The van der Waals surface area contributed by atoms with Gasteiger partial charge in [0.2, 0.25) is 0 Å². The Labute approximate surface area is 106 Å². The van der Waals surface area contributed by atoms with Crippen LogP contribution in [0.3, 0.4) is 0 Å². The molecule has 0 amide bonds. The fourth-order valence-corrected chi connectivity index (χ4v) is 2.18. The number of hydrogen-bond donors (Lipinski definition) is 0. The highest BCUT2D eigenvalue weighted by Gasteiger charge is 2.11. The van der Waals surface area contributed by atoms with Gasteiger partial charge in [0, 0.05) is 11.8 Å². The minimum Gasteiger partial charge on any atom is -0.391 e. The summed E-state index contributed by atoms with van der Waals surface area (Å²) in [5, 5.41) is 3.85. The Morgan fingerprint density at radius 1 is 1.22 bits per heavy atom. The Kier molecular flexibility index (Phi) is 4.67. The number of hydrogen-bond acceptors (Lipinski definition) is 2. The van der Waals surface area contributed by atoms with Crippen LogP contribution in [0.4, 0.5) is 8.78 Å². The van der Waals surface area contributed by atoms with E-state index in [0.29, 0.717) is 5.92 Å². The Bertz CT molecular complexity index is 414. The molecule has 0 bridgehead atoms. The lowest BCUT2D eigenvalue weighted by Crippen LogP contribution is -2.07. The molecule has 0 N–H and O–H groups in total. The van der Waals surface area contributed by atoms with Crippen molar-refractivity contribution < 1.29 is 13.6 Å². The van der Waals surface area contributed by atoms with Crippen molar-refractivity contribution in [2.45, 2.75) is 38.7 Å². The van der Waals surface area contributed by atoms with Crippen LogP contribution in [-0.4, -0.2) is 6.21 Å². The zero-order valence-corrected chi connectivity index (χ0v) is 10.2. The van der Waals surface area contributed by atoms with Crippen LogP contribution in [0.15, 0.2) is 23.4 Å². The second-order valence-electron chi connectivity index (χ2n) is 4.64. The minimum atomic E-state index is -0.856. The Balaban J connectivity index is 1.80. The van der Waals surface area contributed by atoms with Crippen LogP contribution in [0.2, 0.25) is 0 Å². The van der Waals surface area contributed by atoms with Crippen molar-refractivity contribution in [1.82, 2.24) is 0 Å². The molecule has 0 atom stereocenters. The largest absolute Gasteiger partial charge is 0.391 e. The number of oxime groups is 1. The Morgan fingerprint density at radius 3 is 2.78 bits per heavy atom. The third kappa shape index (κ3) is 3.52. The molecule has 0 radical (unpaired) electrons. The van der Waals surface area contributed by atoms with Crippen LogP contribution in [0.25, 0.3) is 0 Å².